The summed E-state index contributed by atoms with van der Waals surface area (Å²) in [6.07, 6.45) is 3.50. The minimum Gasteiger partial charge on any atom is -0.507 e. The Kier molecular flexibility index (Phi) is 13.9. The number of anilines is 1. The fourth-order valence-corrected chi connectivity index (χ4v) is 7.46. The van der Waals surface area contributed by atoms with E-state index in [4.69, 9.17) is 18.9 Å². The van der Waals surface area contributed by atoms with Crippen LogP contribution in [0.3, 0.4) is 0 Å². The van der Waals surface area contributed by atoms with Gasteiger partial charge in [-0.3, -0.25) is 19.3 Å². The van der Waals surface area contributed by atoms with Gasteiger partial charge in [0.25, 0.3) is 11.7 Å². The zero-order valence-corrected chi connectivity index (χ0v) is 33.6. The van der Waals surface area contributed by atoms with Crippen LogP contribution in [0.15, 0.2) is 36.1 Å². The van der Waals surface area contributed by atoms with Crippen molar-refractivity contribution in [2.24, 2.45) is 23.7 Å². The van der Waals surface area contributed by atoms with E-state index in [2.05, 4.69) is 5.32 Å². The number of ether oxygens (including phenoxy) is 4. The largest absolute Gasteiger partial charge is 0.507 e. The molecule has 56 heavy (non-hydrogen) atoms. The summed E-state index contributed by atoms with van der Waals surface area (Å²) >= 11 is 0. The fraction of sp³-hybridized carbons (Fsp3) is 0.537. The van der Waals surface area contributed by atoms with E-state index in [0.717, 1.165) is 0 Å². The number of nitrogens with one attached hydrogen (secondary N) is 1. The Bertz CT molecular complexity index is 1920. The summed E-state index contributed by atoms with van der Waals surface area (Å²) in [5.74, 6) is -8.34. The van der Waals surface area contributed by atoms with E-state index in [1.807, 2.05) is 0 Å². The lowest BCUT2D eigenvalue weighted by molar-refractivity contribution is -0.160. The number of allylic oxidation sites excluding steroid dienone is 2. The first kappa shape index (κ1) is 44.0. The summed E-state index contributed by atoms with van der Waals surface area (Å²) in [6.45, 7) is 12.2. The molecule has 5 bridgehead atoms. The van der Waals surface area contributed by atoms with E-state index in [1.165, 1.54) is 53.2 Å². The van der Waals surface area contributed by atoms with Gasteiger partial charge in [-0.15, -0.1) is 0 Å². The molecule has 7 N–H and O–H groups in total. The van der Waals surface area contributed by atoms with Crippen molar-refractivity contribution in [1.82, 2.24) is 4.90 Å². The zero-order valence-electron chi connectivity index (χ0n) is 33.6. The van der Waals surface area contributed by atoms with Gasteiger partial charge >= 0.3 is 11.8 Å². The number of fused-ring (bicyclic) bond motifs is 14. The van der Waals surface area contributed by atoms with Crippen LogP contribution in [0.1, 0.15) is 70.0 Å². The van der Waals surface area contributed by atoms with E-state index in [0.29, 0.717) is 0 Å². The number of carbonyl (C=O) groups is 3. The number of Topliss-reactive ketones (excluding diaryl/α,β-unsaturated/α-hetero) is 1. The number of esters is 1. The lowest BCUT2D eigenvalue weighted by Gasteiger charge is -2.38. The number of benzene rings is 2. The second kappa shape index (κ2) is 17.6. The molecule has 0 unspecified atom stereocenters. The van der Waals surface area contributed by atoms with Crippen molar-refractivity contribution in [2.45, 2.75) is 92.1 Å². The fourth-order valence-electron chi connectivity index (χ4n) is 7.46. The topological polar surface area (TPSA) is 225 Å². The van der Waals surface area contributed by atoms with Crippen LogP contribution in [0.4, 0.5) is 5.69 Å². The van der Waals surface area contributed by atoms with Crippen molar-refractivity contribution in [1.29, 1.82) is 0 Å². The molecule has 9 atom stereocenters. The molecule has 0 spiro atoms. The molecule has 0 radical (unpaired) electrons. The summed E-state index contributed by atoms with van der Waals surface area (Å²) in [5.41, 5.74) is -0.211. The number of phenols is 3. The maximum Gasteiger partial charge on any atom is 0.312 e. The molecule has 0 saturated heterocycles. The third-order valence-electron chi connectivity index (χ3n) is 11.0. The number of hydrogen-bond donors (Lipinski definition) is 7. The number of carbonyl (C=O) groups excluding carboxylic acids is 3. The van der Waals surface area contributed by atoms with Crippen LogP contribution in [0.25, 0.3) is 10.8 Å². The van der Waals surface area contributed by atoms with Gasteiger partial charge in [-0.2, -0.15) is 0 Å². The van der Waals surface area contributed by atoms with Crippen LogP contribution < -0.4 is 10.1 Å². The third-order valence-corrected chi connectivity index (χ3v) is 11.0. The summed E-state index contributed by atoms with van der Waals surface area (Å²) in [6, 6.07) is 0. The third kappa shape index (κ3) is 8.51. The molecule has 308 valence electrons. The van der Waals surface area contributed by atoms with Crippen molar-refractivity contribution in [2.75, 3.05) is 32.6 Å². The number of amides is 1. The average Bonchev–Trinajstić information content (AvgIpc) is 3.41. The van der Waals surface area contributed by atoms with E-state index in [9.17, 15) is 45.0 Å². The smallest absolute Gasteiger partial charge is 0.312 e. The Balaban J connectivity index is 1.97. The quantitative estimate of drug-likeness (QED) is 0.124. The monoisotopic (exact) mass is 784 g/mol. The Hall–Kier alpha value is -4.67. The number of phenolic OH excluding ortho intramolecular Hbond substituents is 3. The van der Waals surface area contributed by atoms with Crippen LogP contribution in [-0.4, -0.2) is 111 Å². The molecule has 5 rings (SSSR count). The van der Waals surface area contributed by atoms with Gasteiger partial charge in [0.15, 0.2) is 5.75 Å². The second-order valence-electron chi connectivity index (χ2n) is 15.1. The van der Waals surface area contributed by atoms with Crippen LogP contribution in [0, 0.1) is 30.6 Å². The number of nitrogens with zero attached hydrogens (tertiary/aromatic N) is 1. The molecular formula is C41H56N2O13. The Morgan fingerprint density at radius 1 is 0.964 bits per heavy atom. The molecule has 15 heteroatoms. The number of likely N-dealkylation sites (N-methyl/N-ethyl adjacent to an activating group) is 1. The van der Waals surface area contributed by atoms with E-state index < -0.39 is 88.8 Å². The highest BCUT2D eigenvalue weighted by molar-refractivity contribution is 6.22. The highest BCUT2D eigenvalue weighted by atomic mass is 16.7. The van der Waals surface area contributed by atoms with E-state index in [1.54, 1.807) is 51.8 Å². The SMILES string of the molecule is CO[C@H]1/C=C/O[C@@]2(C)Oc3c(C)c(O)c4c(O)c(c(CN(C)CCO)c(O)c4c3C2=O)NC(=O)/C(C)=C\C=C\[C@H](C)[C@H](O)[C@@H](C)[C@@H](O)[C@@H](C)[C@H](OC(C)=O)[C@@H]1C. The molecule has 3 heterocycles. The van der Waals surface area contributed by atoms with Crippen molar-refractivity contribution >= 4 is 34.1 Å². The summed E-state index contributed by atoms with van der Waals surface area (Å²) in [4.78, 5) is 41.8. The molecular weight excluding hydrogens is 728 g/mol. The Morgan fingerprint density at radius 3 is 2.23 bits per heavy atom. The predicted molar refractivity (Wildman–Crippen MR) is 207 cm³/mol. The molecule has 2 aromatic rings. The number of hydrogen-bond acceptors (Lipinski definition) is 14. The molecule has 3 aliphatic heterocycles. The van der Waals surface area contributed by atoms with Gasteiger partial charge in [-0.1, -0.05) is 45.9 Å². The van der Waals surface area contributed by atoms with Crippen molar-refractivity contribution in [3.8, 4) is 23.0 Å². The van der Waals surface area contributed by atoms with E-state index in [-0.39, 0.29) is 64.2 Å². The van der Waals surface area contributed by atoms with Crippen molar-refractivity contribution in [3.63, 3.8) is 0 Å². The standard InChI is InChI=1S/C41H56N2O13/c1-19-12-11-13-20(2)40(52)42-31-26(18-43(9)15-16-44)35(49)28-29(36(31)50)34(48)24(6)38-30(28)39(51)41(8,56-38)54-17-14-27(53-10)21(3)37(55-25(7)45)23(5)33(47)22(4)32(19)46/h11-14,17,19,21-23,27,32-33,37,44,46-50H,15-16,18H2,1-10H3,(H,42,52)/b12-11+,17-14+,20-13-/t19-,21+,22+,23+,27-,32-,33+,37+,41-/m0/s1. The van der Waals surface area contributed by atoms with Crippen LogP contribution in [0.5, 0.6) is 23.0 Å². The predicted octanol–water partition coefficient (Wildman–Crippen LogP) is 4.18. The normalized spacial score (nSPS) is 31.1. The first-order chi connectivity index (χ1) is 26.2. The second-order valence-corrected chi connectivity index (χ2v) is 15.1. The maximum atomic E-state index is 14.3. The zero-order chi connectivity index (χ0) is 42.0. The van der Waals surface area contributed by atoms with Crippen LogP contribution >= 0.6 is 0 Å². The summed E-state index contributed by atoms with van der Waals surface area (Å²) in [5, 5.41) is 69.7. The highest BCUT2D eigenvalue weighted by Gasteiger charge is 2.50. The highest BCUT2D eigenvalue weighted by Crippen LogP contribution is 2.55. The molecule has 0 fully saturated rings. The van der Waals surface area contributed by atoms with Crippen molar-refractivity contribution in [3.05, 3.63) is 52.8 Å². The average molecular weight is 785 g/mol. The van der Waals surface area contributed by atoms with Gasteiger partial charge in [-0.05, 0) is 27.0 Å². The Labute approximate surface area is 326 Å². The molecule has 1 amide bonds. The van der Waals surface area contributed by atoms with Gasteiger partial charge < -0.3 is 54.9 Å². The molecule has 0 saturated carbocycles. The first-order valence-electron chi connectivity index (χ1n) is 18.6. The molecule has 3 aliphatic rings. The van der Waals surface area contributed by atoms with Crippen molar-refractivity contribution < 1.29 is 64.0 Å². The van der Waals surface area contributed by atoms with Gasteiger partial charge in [0.1, 0.15) is 23.4 Å². The van der Waals surface area contributed by atoms with Gasteiger partial charge in [0, 0.05) is 79.8 Å². The number of methoxy groups -OCH3 is 1. The lowest BCUT2D eigenvalue weighted by atomic mass is 9.78. The number of aromatic hydroxyl groups is 3. The summed E-state index contributed by atoms with van der Waals surface area (Å²) < 4.78 is 23.5. The van der Waals surface area contributed by atoms with Gasteiger partial charge in [0.2, 0.25) is 0 Å². The van der Waals surface area contributed by atoms with E-state index >= 15 is 0 Å². The minimum atomic E-state index is -2.04. The molecule has 2 aromatic carbocycles. The number of rotatable bonds is 6. The van der Waals surface area contributed by atoms with Gasteiger partial charge in [0.05, 0.1) is 47.8 Å². The lowest BCUT2D eigenvalue weighted by Crippen LogP contribution is -2.46. The molecule has 0 aliphatic carbocycles. The summed E-state index contributed by atoms with van der Waals surface area (Å²) in [7, 11) is 3.07. The van der Waals surface area contributed by atoms with Crippen LogP contribution in [0.2, 0.25) is 0 Å². The van der Waals surface area contributed by atoms with Gasteiger partial charge in [-0.25, -0.2) is 0 Å². The maximum absolute atomic E-state index is 14.3. The minimum absolute atomic E-state index is 0.0115. The molecule has 15 nitrogen and oxygen atoms in total. The molecule has 0 aromatic heterocycles. The number of aliphatic hydroxyl groups is 3. The first-order valence-corrected chi connectivity index (χ1v) is 18.6. The number of ketones is 1. The van der Waals surface area contributed by atoms with Crippen LogP contribution in [-0.2, 0) is 30.3 Å². The number of aliphatic hydroxyl groups excluding tert-OH is 3. The Morgan fingerprint density at radius 2 is 1.62 bits per heavy atom.